The van der Waals surface area contributed by atoms with Gasteiger partial charge in [-0.3, -0.25) is 9.89 Å². The highest BCUT2D eigenvalue weighted by atomic mass is 16.3. The Hall–Kier alpha value is -2.82. The van der Waals surface area contributed by atoms with Crippen LogP contribution in [0.15, 0.2) is 48.7 Å². The van der Waals surface area contributed by atoms with Crippen molar-refractivity contribution in [3.63, 3.8) is 0 Å². The molecule has 0 aliphatic carbocycles. The monoisotopic (exact) mass is 281 g/mol. The largest absolute Gasteiger partial charge is 0.508 e. The molecule has 21 heavy (non-hydrogen) atoms. The summed E-state index contributed by atoms with van der Waals surface area (Å²) in [6.07, 6.45) is 1.62. The maximum Gasteiger partial charge on any atom is 0.217 e. The van der Waals surface area contributed by atoms with Crippen molar-refractivity contribution in [2.24, 2.45) is 0 Å². The van der Waals surface area contributed by atoms with Crippen LogP contribution in [-0.2, 0) is 4.79 Å². The minimum atomic E-state index is -0.476. The van der Waals surface area contributed by atoms with Crippen LogP contribution in [0.5, 0.6) is 5.75 Å². The normalized spacial score (nSPS) is 12.2. The Bertz CT molecular complexity index is 781. The van der Waals surface area contributed by atoms with Gasteiger partial charge in [-0.1, -0.05) is 30.3 Å². The van der Waals surface area contributed by atoms with Gasteiger partial charge in [-0.05, 0) is 22.9 Å². The van der Waals surface area contributed by atoms with Crippen molar-refractivity contribution in [1.29, 1.82) is 0 Å². The van der Waals surface area contributed by atoms with E-state index in [1.807, 2.05) is 30.3 Å². The molecular formula is C16H15N3O2. The zero-order valence-corrected chi connectivity index (χ0v) is 11.5. The van der Waals surface area contributed by atoms with Crippen molar-refractivity contribution in [3.05, 3.63) is 59.9 Å². The van der Waals surface area contributed by atoms with E-state index in [0.717, 1.165) is 16.5 Å². The van der Waals surface area contributed by atoms with Crippen LogP contribution in [0.3, 0.4) is 0 Å². The lowest BCUT2D eigenvalue weighted by atomic mass is 9.95. The Morgan fingerprint density at radius 2 is 2.05 bits per heavy atom. The van der Waals surface area contributed by atoms with Gasteiger partial charge in [-0.25, -0.2) is 0 Å². The van der Waals surface area contributed by atoms with Gasteiger partial charge in [0.15, 0.2) is 0 Å². The Morgan fingerprint density at radius 1 is 1.24 bits per heavy atom. The summed E-state index contributed by atoms with van der Waals surface area (Å²) in [5.74, 6) is -0.0380. The molecule has 0 saturated carbocycles. The molecular weight excluding hydrogens is 266 g/mol. The van der Waals surface area contributed by atoms with Crippen LogP contribution in [0.1, 0.15) is 24.2 Å². The van der Waals surface area contributed by atoms with Crippen molar-refractivity contribution in [2.75, 3.05) is 0 Å². The van der Waals surface area contributed by atoms with E-state index in [2.05, 4.69) is 15.5 Å². The topological polar surface area (TPSA) is 78.0 Å². The van der Waals surface area contributed by atoms with Crippen molar-refractivity contribution >= 4 is 16.7 Å². The number of aromatic amines is 1. The summed E-state index contributed by atoms with van der Waals surface area (Å²) in [5, 5.41) is 21.8. The molecule has 5 nitrogen and oxygen atoms in total. The van der Waals surface area contributed by atoms with E-state index >= 15 is 0 Å². The first-order valence-corrected chi connectivity index (χ1v) is 6.64. The highest BCUT2D eigenvalue weighted by Gasteiger charge is 2.22. The SMILES string of the molecule is CC(=O)NC(c1ccn[nH]1)c1c(O)ccc2ccccc12. The molecule has 0 radical (unpaired) electrons. The molecule has 3 aromatic rings. The quantitative estimate of drug-likeness (QED) is 0.690. The maximum atomic E-state index is 11.5. The highest BCUT2D eigenvalue weighted by molar-refractivity contribution is 5.89. The molecule has 1 heterocycles. The number of phenols is 1. The van der Waals surface area contributed by atoms with E-state index < -0.39 is 6.04 Å². The average Bonchev–Trinajstić information content (AvgIpc) is 2.99. The number of H-pyrrole nitrogens is 1. The van der Waals surface area contributed by atoms with E-state index in [9.17, 15) is 9.90 Å². The zero-order valence-electron chi connectivity index (χ0n) is 11.5. The van der Waals surface area contributed by atoms with Crippen LogP contribution in [0.4, 0.5) is 0 Å². The molecule has 0 fully saturated rings. The van der Waals surface area contributed by atoms with Gasteiger partial charge in [0.25, 0.3) is 0 Å². The van der Waals surface area contributed by atoms with Crippen molar-refractivity contribution in [1.82, 2.24) is 15.5 Å². The average molecular weight is 281 g/mol. The van der Waals surface area contributed by atoms with Gasteiger partial charge < -0.3 is 10.4 Å². The first-order valence-electron chi connectivity index (χ1n) is 6.64. The van der Waals surface area contributed by atoms with Gasteiger partial charge in [0, 0.05) is 18.7 Å². The molecule has 1 aromatic heterocycles. The molecule has 0 saturated heterocycles. The fourth-order valence-corrected chi connectivity index (χ4v) is 2.52. The van der Waals surface area contributed by atoms with Crippen molar-refractivity contribution < 1.29 is 9.90 Å². The third-order valence-corrected chi connectivity index (χ3v) is 3.42. The molecule has 3 N–H and O–H groups in total. The highest BCUT2D eigenvalue weighted by Crippen LogP contribution is 2.35. The summed E-state index contributed by atoms with van der Waals surface area (Å²) in [5.41, 5.74) is 1.38. The summed E-state index contributed by atoms with van der Waals surface area (Å²) < 4.78 is 0. The number of fused-ring (bicyclic) bond motifs is 1. The first kappa shape index (κ1) is 13.2. The molecule has 2 aromatic carbocycles. The molecule has 0 aliphatic heterocycles. The summed E-state index contributed by atoms with van der Waals surface area (Å²) in [4.78, 5) is 11.5. The number of rotatable bonds is 3. The van der Waals surface area contributed by atoms with E-state index in [-0.39, 0.29) is 11.7 Å². The fraction of sp³-hybridized carbons (Fsp3) is 0.125. The lowest BCUT2D eigenvalue weighted by Gasteiger charge is -2.20. The summed E-state index contributed by atoms with van der Waals surface area (Å²) in [7, 11) is 0. The van der Waals surface area contributed by atoms with Crippen LogP contribution < -0.4 is 5.32 Å². The summed E-state index contributed by atoms with van der Waals surface area (Å²) in [6, 6.07) is 12.5. The molecule has 5 heteroatoms. The standard InChI is InChI=1S/C16H15N3O2/c1-10(20)18-16(13-8-9-17-19-13)15-12-5-3-2-4-11(12)6-7-14(15)21/h2-9,16,21H,1H3,(H,17,19)(H,18,20). The van der Waals surface area contributed by atoms with Crippen LogP contribution in [0, 0.1) is 0 Å². The zero-order chi connectivity index (χ0) is 14.8. The van der Waals surface area contributed by atoms with Gasteiger partial charge in [0.1, 0.15) is 11.8 Å². The number of aromatic nitrogens is 2. The van der Waals surface area contributed by atoms with E-state index in [1.54, 1.807) is 18.3 Å². The van der Waals surface area contributed by atoms with Gasteiger partial charge in [0.05, 0.1) is 5.69 Å². The smallest absolute Gasteiger partial charge is 0.217 e. The van der Waals surface area contributed by atoms with Crippen molar-refractivity contribution in [3.8, 4) is 5.75 Å². The molecule has 0 spiro atoms. The molecule has 1 unspecified atom stereocenters. The van der Waals surface area contributed by atoms with E-state index in [1.165, 1.54) is 6.92 Å². The van der Waals surface area contributed by atoms with Gasteiger partial charge >= 0.3 is 0 Å². The molecule has 106 valence electrons. The number of phenolic OH excluding ortho intramolecular Hbond substituents is 1. The Kier molecular flexibility index (Phi) is 3.31. The van der Waals surface area contributed by atoms with Crippen LogP contribution in [0.25, 0.3) is 10.8 Å². The number of aromatic hydroxyl groups is 1. The first-order chi connectivity index (χ1) is 10.2. The van der Waals surface area contributed by atoms with E-state index in [0.29, 0.717) is 5.56 Å². The molecule has 0 bridgehead atoms. The molecule has 3 rings (SSSR count). The Morgan fingerprint density at radius 3 is 2.76 bits per heavy atom. The second-order valence-electron chi connectivity index (χ2n) is 4.87. The minimum absolute atomic E-state index is 0.141. The van der Waals surface area contributed by atoms with Crippen LogP contribution in [-0.4, -0.2) is 21.2 Å². The fourth-order valence-electron chi connectivity index (χ4n) is 2.52. The third-order valence-electron chi connectivity index (χ3n) is 3.42. The predicted octanol–water partition coefficient (Wildman–Crippen LogP) is 2.49. The lowest BCUT2D eigenvalue weighted by molar-refractivity contribution is -0.119. The lowest BCUT2D eigenvalue weighted by Crippen LogP contribution is -2.27. The second kappa shape index (κ2) is 5.28. The van der Waals surface area contributed by atoms with Crippen LogP contribution in [0.2, 0.25) is 0 Å². The van der Waals surface area contributed by atoms with Crippen molar-refractivity contribution in [2.45, 2.75) is 13.0 Å². The van der Waals surface area contributed by atoms with Crippen LogP contribution >= 0.6 is 0 Å². The number of nitrogens with one attached hydrogen (secondary N) is 2. The third kappa shape index (κ3) is 2.45. The molecule has 1 amide bonds. The minimum Gasteiger partial charge on any atom is -0.508 e. The predicted molar refractivity (Wildman–Crippen MR) is 79.9 cm³/mol. The summed E-state index contributed by atoms with van der Waals surface area (Å²) >= 11 is 0. The number of carbonyl (C=O) groups excluding carboxylic acids is 1. The Balaban J connectivity index is 2.23. The number of nitrogens with zero attached hydrogens (tertiary/aromatic N) is 1. The summed E-state index contributed by atoms with van der Waals surface area (Å²) in [6.45, 7) is 1.45. The number of hydrogen-bond donors (Lipinski definition) is 3. The van der Waals surface area contributed by atoms with Gasteiger partial charge in [0.2, 0.25) is 5.91 Å². The van der Waals surface area contributed by atoms with Gasteiger partial charge in [-0.15, -0.1) is 0 Å². The number of benzene rings is 2. The number of amides is 1. The maximum absolute atomic E-state index is 11.5. The molecule has 1 atom stereocenters. The molecule has 0 aliphatic rings. The Labute approximate surface area is 121 Å². The second-order valence-corrected chi connectivity index (χ2v) is 4.87. The van der Waals surface area contributed by atoms with E-state index in [4.69, 9.17) is 0 Å². The number of carbonyl (C=O) groups is 1. The number of hydrogen-bond acceptors (Lipinski definition) is 3. The van der Waals surface area contributed by atoms with Gasteiger partial charge in [-0.2, -0.15) is 5.10 Å².